The maximum atomic E-state index is 12.1. The van der Waals surface area contributed by atoms with Crippen molar-refractivity contribution in [2.45, 2.75) is 51.6 Å². The SMILES string of the molecule is CCCc1ccc(C(=O)CC2CCCCO2)cc1. The lowest BCUT2D eigenvalue weighted by Gasteiger charge is -2.21. The zero-order chi connectivity index (χ0) is 12.8. The van der Waals surface area contributed by atoms with Gasteiger partial charge in [0.1, 0.15) is 0 Å². The molecule has 0 amide bonds. The summed E-state index contributed by atoms with van der Waals surface area (Å²) in [5, 5.41) is 0. The van der Waals surface area contributed by atoms with Crippen LogP contribution < -0.4 is 0 Å². The molecule has 98 valence electrons. The van der Waals surface area contributed by atoms with Gasteiger partial charge < -0.3 is 4.74 Å². The molecule has 1 heterocycles. The summed E-state index contributed by atoms with van der Waals surface area (Å²) in [6.45, 7) is 2.98. The Kier molecular flexibility index (Phi) is 4.94. The first kappa shape index (κ1) is 13.3. The van der Waals surface area contributed by atoms with Crippen molar-refractivity contribution in [3.8, 4) is 0 Å². The van der Waals surface area contributed by atoms with Gasteiger partial charge in [0, 0.05) is 18.6 Å². The molecule has 2 rings (SSSR count). The Hall–Kier alpha value is -1.15. The van der Waals surface area contributed by atoms with Crippen LogP contribution in [0.2, 0.25) is 0 Å². The van der Waals surface area contributed by atoms with Crippen LogP contribution in [0.3, 0.4) is 0 Å². The zero-order valence-electron chi connectivity index (χ0n) is 11.2. The summed E-state index contributed by atoms with van der Waals surface area (Å²) in [4.78, 5) is 12.1. The number of hydrogen-bond donors (Lipinski definition) is 0. The molecular weight excluding hydrogens is 224 g/mol. The van der Waals surface area contributed by atoms with Gasteiger partial charge in [-0.15, -0.1) is 0 Å². The first-order valence-electron chi connectivity index (χ1n) is 7.03. The molecule has 0 radical (unpaired) electrons. The number of aryl methyl sites for hydroxylation is 1. The number of benzene rings is 1. The van der Waals surface area contributed by atoms with Gasteiger partial charge in [-0.1, -0.05) is 37.6 Å². The summed E-state index contributed by atoms with van der Waals surface area (Å²) in [7, 11) is 0. The third-order valence-corrected chi connectivity index (χ3v) is 3.50. The van der Waals surface area contributed by atoms with Gasteiger partial charge in [0.25, 0.3) is 0 Å². The van der Waals surface area contributed by atoms with Crippen molar-refractivity contribution in [3.05, 3.63) is 35.4 Å². The number of ketones is 1. The highest BCUT2D eigenvalue weighted by Gasteiger charge is 2.18. The second-order valence-electron chi connectivity index (χ2n) is 5.06. The summed E-state index contributed by atoms with van der Waals surface area (Å²) in [5.41, 5.74) is 2.13. The number of carbonyl (C=O) groups is 1. The van der Waals surface area contributed by atoms with Gasteiger partial charge in [0.15, 0.2) is 5.78 Å². The normalized spacial score (nSPS) is 19.7. The molecular formula is C16H22O2. The lowest BCUT2D eigenvalue weighted by molar-refractivity contribution is 0.0129. The molecule has 1 aromatic carbocycles. The average Bonchev–Trinajstić information content (AvgIpc) is 2.41. The van der Waals surface area contributed by atoms with Crippen LogP contribution in [-0.2, 0) is 11.2 Å². The smallest absolute Gasteiger partial charge is 0.165 e. The highest BCUT2D eigenvalue weighted by atomic mass is 16.5. The summed E-state index contributed by atoms with van der Waals surface area (Å²) in [6, 6.07) is 8.04. The Morgan fingerprint density at radius 1 is 1.28 bits per heavy atom. The van der Waals surface area contributed by atoms with E-state index in [1.807, 2.05) is 12.1 Å². The van der Waals surface area contributed by atoms with Crippen molar-refractivity contribution in [3.63, 3.8) is 0 Å². The van der Waals surface area contributed by atoms with Gasteiger partial charge in [0.2, 0.25) is 0 Å². The molecule has 0 aromatic heterocycles. The largest absolute Gasteiger partial charge is 0.378 e. The van der Waals surface area contributed by atoms with E-state index in [0.717, 1.165) is 37.9 Å². The molecule has 1 aromatic rings. The molecule has 1 atom stereocenters. The van der Waals surface area contributed by atoms with E-state index in [2.05, 4.69) is 19.1 Å². The Morgan fingerprint density at radius 3 is 2.67 bits per heavy atom. The van der Waals surface area contributed by atoms with E-state index in [1.165, 1.54) is 12.0 Å². The van der Waals surface area contributed by atoms with Crippen LogP contribution in [0.25, 0.3) is 0 Å². The predicted octanol–water partition coefficient (Wildman–Crippen LogP) is 3.78. The minimum absolute atomic E-state index is 0.140. The Bertz CT molecular complexity index is 375. The minimum atomic E-state index is 0.140. The molecule has 0 N–H and O–H groups in total. The molecule has 2 nitrogen and oxygen atoms in total. The van der Waals surface area contributed by atoms with Gasteiger partial charge >= 0.3 is 0 Å². The lowest BCUT2D eigenvalue weighted by atomic mass is 9.99. The van der Waals surface area contributed by atoms with Gasteiger partial charge in [-0.2, -0.15) is 0 Å². The number of hydrogen-bond acceptors (Lipinski definition) is 2. The van der Waals surface area contributed by atoms with Gasteiger partial charge in [-0.05, 0) is 31.2 Å². The molecule has 0 bridgehead atoms. The maximum absolute atomic E-state index is 12.1. The minimum Gasteiger partial charge on any atom is -0.378 e. The highest BCUT2D eigenvalue weighted by Crippen LogP contribution is 2.18. The van der Waals surface area contributed by atoms with E-state index < -0.39 is 0 Å². The summed E-state index contributed by atoms with van der Waals surface area (Å²) in [5.74, 6) is 0.213. The van der Waals surface area contributed by atoms with Gasteiger partial charge in [-0.3, -0.25) is 4.79 Å². The second-order valence-corrected chi connectivity index (χ2v) is 5.06. The van der Waals surface area contributed by atoms with Crippen LogP contribution in [-0.4, -0.2) is 18.5 Å². The quantitative estimate of drug-likeness (QED) is 0.739. The lowest BCUT2D eigenvalue weighted by Crippen LogP contribution is -2.22. The number of Topliss-reactive ketones (excluding diaryl/α,β-unsaturated/α-hetero) is 1. The predicted molar refractivity (Wildman–Crippen MR) is 73.0 cm³/mol. The molecule has 0 aliphatic carbocycles. The van der Waals surface area contributed by atoms with Crippen molar-refractivity contribution in [2.24, 2.45) is 0 Å². The van der Waals surface area contributed by atoms with Crippen molar-refractivity contribution >= 4 is 5.78 Å². The third kappa shape index (κ3) is 3.67. The number of rotatable bonds is 5. The Balaban J connectivity index is 1.91. The van der Waals surface area contributed by atoms with Crippen LogP contribution >= 0.6 is 0 Å². The fourth-order valence-corrected chi connectivity index (χ4v) is 2.44. The molecule has 1 fully saturated rings. The number of ether oxygens (including phenoxy) is 1. The van der Waals surface area contributed by atoms with Crippen LogP contribution in [0.1, 0.15) is 54.9 Å². The second kappa shape index (κ2) is 6.69. The highest BCUT2D eigenvalue weighted by molar-refractivity contribution is 5.96. The van der Waals surface area contributed by atoms with E-state index in [9.17, 15) is 4.79 Å². The van der Waals surface area contributed by atoms with Gasteiger partial charge in [-0.25, -0.2) is 0 Å². The average molecular weight is 246 g/mol. The van der Waals surface area contributed by atoms with Crippen molar-refractivity contribution in [1.29, 1.82) is 0 Å². The maximum Gasteiger partial charge on any atom is 0.165 e. The van der Waals surface area contributed by atoms with Crippen molar-refractivity contribution in [2.75, 3.05) is 6.61 Å². The Morgan fingerprint density at radius 2 is 2.06 bits per heavy atom. The fourth-order valence-electron chi connectivity index (χ4n) is 2.44. The first-order chi connectivity index (χ1) is 8.79. The number of carbonyl (C=O) groups excluding carboxylic acids is 1. The van der Waals surface area contributed by atoms with Gasteiger partial charge in [0.05, 0.1) is 6.10 Å². The fraction of sp³-hybridized carbons (Fsp3) is 0.562. The molecule has 2 heteroatoms. The van der Waals surface area contributed by atoms with Crippen LogP contribution in [0, 0.1) is 0 Å². The van der Waals surface area contributed by atoms with Crippen LogP contribution in [0.5, 0.6) is 0 Å². The summed E-state index contributed by atoms with van der Waals surface area (Å²) >= 11 is 0. The van der Waals surface area contributed by atoms with Crippen LogP contribution in [0.15, 0.2) is 24.3 Å². The first-order valence-corrected chi connectivity index (χ1v) is 7.03. The monoisotopic (exact) mass is 246 g/mol. The van der Waals surface area contributed by atoms with E-state index in [4.69, 9.17) is 4.74 Å². The van der Waals surface area contributed by atoms with Crippen molar-refractivity contribution < 1.29 is 9.53 Å². The van der Waals surface area contributed by atoms with E-state index >= 15 is 0 Å². The third-order valence-electron chi connectivity index (χ3n) is 3.50. The summed E-state index contributed by atoms with van der Waals surface area (Å²) < 4.78 is 5.61. The van der Waals surface area contributed by atoms with Crippen LogP contribution in [0.4, 0.5) is 0 Å². The Labute approximate surface area is 109 Å². The van der Waals surface area contributed by atoms with E-state index in [0.29, 0.717) is 6.42 Å². The van der Waals surface area contributed by atoms with E-state index in [-0.39, 0.29) is 11.9 Å². The summed E-state index contributed by atoms with van der Waals surface area (Å²) in [6.07, 6.45) is 6.25. The molecule has 18 heavy (non-hydrogen) atoms. The molecule has 1 aliphatic rings. The molecule has 1 saturated heterocycles. The molecule has 1 aliphatic heterocycles. The van der Waals surface area contributed by atoms with E-state index in [1.54, 1.807) is 0 Å². The molecule has 0 spiro atoms. The van der Waals surface area contributed by atoms with Crippen molar-refractivity contribution in [1.82, 2.24) is 0 Å². The topological polar surface area (TPSA) is 26.3 Å². The molecule has 1 unspecified atom stereocenters. The zero-order valence-corrected chi connectivity index (χ0v) is 11.2. The standard InChI is InChI=1S/C16H22O2/c1-2-5-13-7-9-14(10-8-13)16(17)12-15-6-3-4-11-18-15/h7-10,15H,2-6,11-12H2,1H3. The molecule has 0 saturated carbocycles.